The van der Waals surface area contributed by atoms with Crippen molar-refractivity contribution >= 4 is 11.0 Å². The summed E-state index contributed by atoms with van der Waals surface area (Å²) in [5.41, 5.74) is 5.63. The van der Waals surface area contributed by atoms with Crippen LogP contribution in [0.15, 0.2) is 65.7 Å². The van der Waals surface area contributed by atoms with Crippen LogP contribution < -0.4 is 0 Å². The fourth-order valence-corrected chi connectivity index (χ4v) is 3.93. The van der Waals surface area contributed by atoms with Crippen LogP contribution in [0.5, 0.6) is 0 Å². The standard InChI is InChI=1S/C22H21N3O/c1-2-20-24-21-18(15-6-4-3-5-7-15)12-23-13-19(21)25(20)22(16-8-9-16)17-10-11-26-14-17/h3-7,10-14,16,22H,2,8-9H2,1H3. The van der Waals surface area contributed by atoms with Crippen LogP contribution in [0.25, 0.3) is 22.2 Å². The molecule has 3 heterocycles. The lowest BCUT2D eigenvalue weighted by atomic mass is 10.0. The summed E-state index contributed by atoms with van der Waals surface area (Å²) in [7, 11) is 0. The van der Waals surface area contributed by atoms with Gasteiger partial charge in [0.15, 0.2) is 0 Å². The minimum atomic E-state index is 0.279. The summed E-state index contributed by atoms with van der Waals surface area (Å²) >= 11 is 0. The lowest BCUT2D eigenvalue weighted by Gasteiger charge is -2.20. The van der Waals surface area contributed by atoms with Crippen molar-refractivity contribution in [1.82, 2.24) is 14.5 Å². The summed E-state index contributed by atoms with van der Waals surface area (Å²) < 4.78 is 7.80. The number of benzene rings is 1. The van der Waals surface area contributed by atoms with Gasteiger partial charge in [0, 0.05) is 23.7 Å². The molecule has 1 aliphatic carbocycles. The average Bonchev–Trinajstić information content (AvgIpc) is 3.24. The molecule has 1 aliphatic rings. The van der Waals surface area contributed by atoms with Crippen LogP contribution in [0, 0.1) is 5.92 Å². The molecule has 1 fully saturated rings. The summed E-state index contributed by atoms with van der Waals surface area (Å²) in [6.45, 7) is 2.17. The van der Waals surface area contributed by atoms with Gasteiger partial charge in [0.25, 0.3) is 0 Å². The average molecular weight is 343 g/mol. The zero-order valence-electron chi connectivity index (χ0n) is 14.8. The molecule has 4 nitrogen and oxygen atoms in total. The van der Waals surface area contributed by atoms with Gasteiger partial charge in [-0.15, -0.1) is 0 Å². The van der Waals surface area contributed by atoms with E-state index in [-0.39, 0.29) is 6.04 Å². The number of pyridine rings is 1. The Morgan fingerprint density at radius 3 is 2.69 bits per heavy atom. The molecule has 0 radical (unpaired) electrons. The Hall–Kier alpha value is -2.88. The van der Waals surface area contributed by atoms with E-state index in [0.717, 1.165) is 34.4 Å². The highest BCUT2D eigenvalue weighted by molar-refractivity contribution is 5.91. The van der Waals surface area contributed by atoms with Gasteiger partial charge in [0.1, 0.15) is 5.82 Å². The summed E-state index contributed by atoms with van der Waals surface area (Å²) in [6, 6.07) is 12.8. The molecule has 0 amide bonds. The highest BCUT2D eigenvalue weighted by atomic mass is 16.3. The maximum Gasteiger partial charge on any atom is 0.110 e. The minimum absolute atomic E-state index is 0.279. The molecule has 0 bridgehead atoms. The number of aryl methyl sites for hydroxylation is 1. The first-order valence-electron chi connectivity index (χ1n) is 9.29. The molecule has 26 heavy (non-hydrogen) atoms. The number of imidazole rings is 1. The van der Waals surface area contributed by atoms with Crippen molar-refractivity contribution in [3.05, 3.63) is 72.7 Å². The summed E-state index contributed by atoms with van der Waals surface area (Å²) in [4.78, 5) is 9.60. The van der Waals surface area contributed by atoms with Gasteiger partial charge in [-0.25, -0.2) is 4.98 Å². The predicted octanol–water partition coefficient (Wildman–Crippen LogP) is 5.25. The number of fused-ring (bicyclic) bond motifs is 1. The SMILES string of the molecule is CCc1nc2c(-c3ccccc3)cncc2n1C(c1ccoc1)C1CC1. The number of furan rings is 1. The van der Waals surface area contributed by atoms with Crippen LogP contribution in [-0.4, -0.2) is 14.5 Å². The van der Waals surface area contributed by atoms with Crippen LogP contribution >= 0.6 is 0 Å². The second-order valence-electron chi connectivity index (χ2n) is 7.01. The predicted molar refractivity (Wildman–Crippen MR) is 102 cm³/mol. The molecule has 0 saturated heterocycles. The molecule has 130 valence electrons. The van der Waals surface area contributed by atoms with E-state index in [4.69, 9.17) is 9.40 Å². The van der Waals surface area contributed by atoms with Crippen molar-refractivity contribution < 1.29 is 4.42 Å². The molecule has 3 aromatic heterocycles. The van der Waals surface area contributed by atoms with E-state index in [1.54, 1.807) is 6.26 Å². The number of hydrogen-bond donors (Lipinski definition) is 0. The van der Waals surface area contributed by atoms with E-state index >= 15 is 0 Å². The maximum absolute atomic E-state index is 5.40. The molecule has 1 saturated carbocycles. The molecule has 4 aromatic rings. The zero-order valence-corrected chi connectivity index (χ0v) is 14.8. The van der Waals surface area contributed by atoms with Gasteiger partial charge >= 0.3 is 0 Å². The van der Waals surface area contributed by atoms with Crippen molar-refractivity contribution in [1.29, 1.82) is 0 Å². The third-order valence-corrected chi connectivity index (χ3v) is 5.31. The van der Waals surface area contributed by atoms with Gasteiger partial charge in [-0.2, -0.15) is 0 Å². The van der Waals surface area contributed by atoms with Gasteiger partial charge in [-0.1, -0.05) is 37.3 Å². The Morgan fingerprint density at radius 2 is 2.00 bits per heavy atom. The van der Waals surface area contributed by atoms with Gasteiger partial charge < -0.3 is 8.98 Å². The zero-order chi connectivity index (χ0) is 17.5. The van der Waals surface area contributed by atoms with Crippen LogP contribution in [0.4, 0.5) is 0 Å². The molecule has 5 rings (SSSR count). The lowest BCUT2D eigenvalue weighted by molar-refractivity contribution is 0.499. The molecule has 0 aliphatic heterocycles. The number of aromatic nitrogens is 3. The lowest BCUT2D eigenvalue weighted by Crippen LogP contribution is -2.15. The van der Waals surface area contributed by atoms with E-state index in [1.807, 2.05) is 24.7 Å². The minimum Gasteiger partial charge on any atom is -0.472 e. The normalized spacial score (nSPS) is 15.4. The third kappa shape index (κ3) is 2.45. The van der Waals surface area contributed by atoms with Gasteiger partial charge in [0.05, 0.1) is 35.8 Å². The van der Waals surface area contributed by atoms with E-state index in [2.05, 4.69) is 46.8 Å². The van der Waals surface area contributed by atoms with Gasteiger partial charge in [0.2, 0.25) is 0 Å². The molecular formula is C22H21N3O. The molecule has 1 atom stereocenters. The monoisotopic (exact) mass is 343 g/mol. The van der Waals surface area contributed by atoms with Crippen molar-refractivity contribution in [2.45, 2.75) is 32.2 Å². The number of hydrogen-bond acceptors (Lipinski definition) is 3. The fraction of sp³-hybridized carbons (Fsp3) is 0.273. The van der Waals surface area contributed by atoms with Crippen molar-refractivity contribution in [3.63, 3.8) is 0 Å². The number of nitrogens with zero attached hydrogens (tertiary/aromatic N) is 3. The van der Waals surface area contributed by atoms with Crippen LogP contribution in [0.1, 0.15) is 37.2 Å². The molecule has 0 spiro atoms. The van der Waals surface area contributed by atoms with E-state index in [0.29, 0.717) is 5.92 Å². The number of rotatable bonds is 5. The van der Waals surface area contributed by atoms with Crippen molar-refractivity contribution in [2.75, 3.05) is 0 Å². The Balaban J connectivity index is 1.75. The van der Waals surface area contributed by atoms with Crippen LogP contribution in [-0.2, 0) is 6.42 Å². The Morgan fingerprint density at radius 1 is 1.15 bits per heavy atom. The van der Waals surface area contributed by atoms with Crippen LogP contribution in [0.3, 0.4) is 0 Å². The smallest absolute Gasteiger partial charge is 0.110 e. The first kappa shape index (κ1) is 15.4. The molecule has 1 aromatic carbocycles. The largest absolute Gasteiger partial charge is 0.472 e. The first-order chi connectivity index (χ1) is 12.9. The van der Waals surface area contributed by atoms with Gasteiger partial charge in [-0.3, -0.25) is 4.98 Å². The molecule has 0 N–H and O–H groups in total. The highest BCUT2D eigenvalue weighted by Gasteiger charge is 2.36. The van der Waals surface area contributed by atoms with Crippen molar-refractivity contribution in [2.24, 2.45) is 5.92 Å². The Labute approximate surface area is 152 Å². The fourth-order valence-electron chi connectivity index (χ4n) is 3.93. The Kier molecular flexibility index (Phi) is 3.63. The van der Waals surface area contributed by atoms with E-state index in [9.17, 15) is 0 Å². The third-order valence-electron chi connectivity index (χ3n) is 5.31. The van der Waals surface area contributed by atoms with Crippen molar-refractivity contribution in [3.8, 4) is 11.1 Å². The van der Waals surface area contributed by atoms with E-state index < -0.39 is 0 Å². The second-order valence-corrected chi connectivity index (χ2v) is 7.01. The van der Waals surface area contributed by atoms with Gasteiger partial charge in [-0.05, 0) is 30.4 Å². The van der Waals surface area contributed by atoms with Crippen LogP contribution in [0.2, 0.25) is 0 Å². The second kappa shape index (κ2) is 6.13. The van der Waals surface area contributed by atoms with E-state index in [1.165, 1.54) is 18.4 Å². The molecule has 1 unspecified atom stereocenters. The topological polar surface area (TPSA) is 43.9 Å². The molecule has 4 heteroatoms. The summed E-state index contributed by atoms with van der Waals surface area (Å²) in [6.07, 6.45) is 10.9. The summed E-state index contributed by atoms with van der Waals surface area (Å²) in [5, 5.41) is 0. The quantitative estimate of drug-likeness (QED) is 0.497. The maximum atomic E-state index is 5.40. The highest BCUT2D eigenvalue weighted by Crippen LogP contribution is 2.45. The summed E-state index contributed by atoms with van der Waals surface area (Å²) in [5.74, 6) is 1.76. The molecular weight excluding hydrogens is 322 g/mol. The first-order valence-corrected chi connectivity index (χ1v) is 9.29. The Bertz CT molecular complexity index is 1030.